The number of hydrogen-bond donors (Lipinski definition) is 2. The average molecular weight is 362 g/mol. The molecule has 0 amide bonds. The number of hydrogen-bond acceptors (Lipinski definition) is 3. The molecule has 6 heteroatoms. The van der Waals surface area contributed by atoms with Crippen LogP contribution in [-0.4, -0.2) is 25.7 Å². The molecule has 0 aromatic heterocycles. The number of nitrogens with one attached hydrogen (secondary N) is 1. The maximum absolute atomic E-state index is 12.5. The SMILES string of the molecule is CCCCCC(O)[C@@H](NS(=O)(=O)c1ccc(Cl)cc1)[C@@H](C)CC. The van der Waals surface area contributed by atoms with Gasteiger partial charge in [0.25, 0.3) is 0 Å². The van der Waals surface area contributed by atoms with Gasteiger partial charge in [0.1, 0.15) is 0 Å². The number of aliphatic hydroxyl groups is 1. The van der Waals surface area contributed by atoms with Crippen molar-refractivity contribution in [1.82, 2.24) is 4.72 Å². The van der Waals surface area contributed by atoms with E-state index in [1.807, 2.05) is 13.8 Å². The molecule has 1 rings (SSSR count). The van der Waals surface area contributed by atoms with Crippen molar-refractivity contribution in [1.29, 1.82) is 0 Å². The van der Waals surface area contributed by atoms with Gasteiger partial charge < -0.3 is 5.11 Å². The zero-order chi connectivity index (χ0) is 17.5. The Balaban J connectivity index is 2.88. The maximum Gasteiger partial charge on any atom is 0.240 e. The lowest BCUT2D eigenvalue weighted by molar-refractivity contribution is 0.100. The molecule has 1 aromatic carbocycles. The Labute approximate surface area is 145 Å². The van der Waals surface area contributed by atoms with Crippen molar-refractivity contribution in [2.45, 2.75) is 69.9 Å². The van der Waals surface area contributed by atoms with Crippen molar-refractivity contribution in [2.75, 3.05) is 0 Å². The van der Waals surface area contributed by atoms with Crippen molar-refractivity contribution in [3.63, 3.8) is 0 Å². The highest BCUT2D eigenvalue weighted by Gasteiger charge is 2.29. The lowest BCUT2D eigenvalue weighted by Crippen LogP contribution is -2.47. The van der Waals surface area contributed by atoms with Crippen molar-refractivity contribution >= 4 is 21.6 Å². The first kappa shape index (κ1) is 20.4. The van der Waals surface area contributed by atoms with Crippen LogP contribution in [0.3, 0.4) is 0 Å². The highest BCUT2D eigenvalue weighted by atomic mass is 35.5. The number of halogens is 1. The molecule has 0 fully saturated rings. The fraction of sp³-hybridized carbons (Fsp3) is 0.647. The van der Waals surface area contributed by atoms with Crippen LogP contribution in [0.2, 0.25) is 5.02 Å². The Hall–Kier alpha value is -0.620. The van der Waals surface area contributed by atoms with Crippen LogP contribution in [0.5, 0.6) is 0 Å². The van der Waals surface area contributed by atoms with E-state index in [2.05, 4.69) is 11.6 Å². The maximum atomic E-state index is 12.5. The molecule has 0 saturated carbocycles. The number of benzene rings is 1. The molecule has 0 spiro atoms. The van der Waals surface area contributed by atoms with Gasteiger partial charge in [0.2, 0.25) is 10.0 Å². The average Bonchev–Trinajstić information content (AvgIpc) is 2.52. The Morgan fingerprint density at radius 1 is 1.17 bits per heavy atom. The molecule has 4 nitrogen and oxygen atoms in total. The van der Waals surface area contributed by atoms with Gasteiger partial charge in [-0.2, -0.15) is 0 Å². The first-order valence-electron chi connectivity index (χ1n) is 8.27. The van der Waals surface area contributed by atoms with Crippen LogP contribution in [0.25, 0.3) is 0 Å². The molecular weight excluding hydrogens is 334 g/mol. The van der Waals surface area contributed by atoms with E-state index >= 15 is 0 Å². The van der Waals surface area contributed by atoms with Crippen molar-refractivity contribution in [3.8, 4) is 0 Å². The van der Waals surface area contributed by atoms with Gasteiger partial charge in [0.05, 0.1) is 17.0 Å². The van der Waals surface area contributed by atoms with Crippen LogP contribution in [-0.2, 0) is 10.0 Å². The Bertz CT molecular complexity index is 560. The standard InChI is InChI=1S/C17H28ClNO3S/c1-4-6-7-8-16(20)17(13(3)5-2)19-23(21,22)15-11-9-14(18)10-12-15/h9-13,16-17,19-20H,4-8H2,1-3H3/t13-,16?,17-/m0/s1. The lowest BCUT2D eigenvalue weighted by Gasteiger charge is -2.29. The molecule has 0 heterocycles. The summed E-state index contributed by atoms with van der Waals surface area (Å²) in [5.74, 6) is 0.0497. The first-order chi connectivity index (χ1) is 10.8. The smallest absolute Gasteiger partial charge is 0.240 e. The summed E-state index contributed by atoms with van der Waals surface area (Å²) in [5, 5.41) is 10.9. The molecule has 0 aliphatic heterocycles. The van der Waals surface area contributed by atoms with Gasteiger partial charge in [0, 0.05) is 5.02 Å². The summed E-state index contributed by atoms with van der Waals surface area (Å²) < 4.78 is 27.8. The fourth-order valence-electron chi connectivity index (χ4n) is 2.47. The third kappa shape index (κ3) is 6.42. The minimum atomic E-state index is -3.68. The second kappa shape index (κ2) is 9.62. The van der Waals surface area contributed by atoms with Crippen LogP contribution < -0.4 is 4.72 Å². The van der Waals surface area contributed by atoms with E-state index < -0.39 is 22.2 Å². The third-order valence-corrected chi connectivity index (χ3v) is 5.92. The molecule has 0 saturated heterocycles. The predicted molar refractivity (Wildman–Crippen MR) is 95.2 cm³/mol. The molecular formula is C17H28ClNO3S. The van der Waals surface area contributed by atoms with Gasteiger partial charge >= 0.3 is 0 Å². The molecule has 0 aliphatic rings. The minimum absolute atomic E-state index is 0.0497. The van der Waals surface area contributed by atoms with E-state index in [-0.39, 0.29) is 10.8 Å². The second-order valence-electron chi connectivity index (χ2n) is 6.05. The van der Waals surface area contributed by atoms with Gasteiger partial charge in [-0.3, -0.25) is 0 Å². The zero-order valence-corrected chi connectivity index (χ0v) is 15.7. The van der Waals surface area contributed by atoms with Gasteiger partial charge in [-0.25, -0.2) is 13.1 Å². The number of aliphatic hydroxyl groups excluding tert-OH is 1. The summed E-state index contributed by atoms with van der Waals surface area (Å²) in [6.45, 7) is 6.05. The van der Waals surface area contributed by atoms with Crippen LogP contribution in [0.4, 0.5) is 0 Å². The van der Waals surface area contributed by atoms with Gasteiger partial charge in [0.15, 0.2) is 0 Å². The molecule has 132 valence electrons. The minimum Gasteiger partial charge on any atom is -0.391 e. The number of sulfonamides is 1. The largest absolute Gasteiger partial charge is 0.391 e. The quantitative estimate of drug-likeness (QED) is 0.619. The van der Waals surface area contributed by atoms with E-state index in [0.29, 0.717) is 11.4 Å². The van der Waals surface area contributed by atoms with E-state index in [1.165, 1.54) is 12.1 Å². The molecule has 1 unspecified atom stereocenters. The fourth-order valence-corrected chi connectivity index (χ4v) is 3.98. The summed E-state index contributed by atoms with van der Waals surface area (Å²) in [5.41, 5.74) is 0. The van der Waals surface area contributed by atoms with E-state index in [1.54, 1.807) is 12.1 Å². The van der Waals surface area contributed by atoms with E-state index in [0.717, 1.165) is 25.7 Å². The molecule has 23 heavy (non-hydrogen) atoms. The Morgan fingerprint density at radius 3 is 2.30 bits per heavy atom. The highest BCUT2D eigenvalue weighted by Crippen LogP contribution is 2.20. The summed E-state index contributed by atoms with van der Waals surface area (Å²) in [6.07, 6.45) is 3.71. The van der Waals surface area contributed by atoms with Crippen LogP contribution >= 0.6 is 11.6 Å². The molecule has 0 radical (unpaired) electrons. The van der Waals surface area contributed by atoms with Crippen LogP contribution in [0.15, 0.2) is 29.2 Å². The third-order valence-electron chi connectivity index (χ3n) is 4.19. The topological polar surface area (TPSA) is 66.4 Å². The normalized spacial score (nSPS) is 16.0. The summed E-state index contributed by atoms with van der Waals surface area (Å²) in [4.78, 5) is 0.163. The van der Waals surface area contributed by atoms with Crippen molar-refractivity contribution in [3.05, 3.63) is 29.3 Å². The van der Waals surface area contributed by atoms with Crippen LogP contribution in [0.1, 0.15) is 52.9 Å². The summed E-state index contributed by atoms with van der Waals surface area (Å²) in [6, 6.07) is 5.55. The molecule has 3 atom stereocenters. The number of rotatable bonds is 10. The summed E-state index contributed by atoms with van der Waals surface area (Å²) >= 11 is 5.81. The van der Waals surface area contributed by atoms with Gasteiger partial charge in [-0.1, -0.05) is 58.1 Å². The van der Waals surface area contributed by atoms with Crippen molar-refractivity contribution in [2.24, 2.45) is 5.92 Å². The molecule has 0 aliphatic carbocycles. The Morgan fingerprint density at radius 2 is 1.78 bits per heavy atom. The van der Waals surface area contributed by atoms with E-state index in [9.17, 15) is 13.5 Å². The van der Waals surface area contributed by atoms with Crippen molar-refractivity contribution < 1.29 is 13.5 Å². The zero-order valence-electron chi connectivity index (χ0n) is 14.1. The molecule has 1 aromatic rings. The van der Waals surface area contributed by atoms with Gasteiger partial charge in [-0.15, -0.1) is 0 Å². The molecule has 2 N–H and O–H groups in total. The van der Waals surface area contributed by atoms with E-state index in [4.69, 9.17) is 11.6 Å². The first-order valence-corrected chi connectivity index (χ1v) is 10.1. The lowest BCUT2D eigenvalue weighted by atomic mass is 9.92. The second-order valence-corrected chi connectivity index (χ2v) is 8.20. The molecule has 0 bridgehead atoms. The van der Waals surface area contributed by atoms with Gasteiger partial charge in [-0.05, 0) is 36.6 Å². The predicted octanol–water partition coefficient (Wildman–Crippen LogP) is 3.97. The monoisotopic (exact) mass is 361 g/mol. The van der Waals surface area contributed by atoms with Crippen LogP contribution in [0, 0.1) is 5.92 Å². The Kier molecular flexibility index (Phi) is 8.54. The summed E-state index contributed by atoms with van der Waals surface area (Å²) in [7, 11) is -3.68. The highest BCUT2D eigenvalue weighted by molar-refractivity contribution is 7.89. The number of unbranched alkanes of at least 4 members (excludes halogenated alkanes) is 2.